The molecule has 0 fully saturated rings. The molecule has 0 aliphatic rings. The lowest BCUT2D eigenvalue weighted by atomic mass is 10.1. The molecular weight excluding hydrogens is 278 g/mol. The highest BCUT2D eigenvalue weighted by Gasteiger charge is 2.11. The van der Waals surface area contributed by atoms with Gasteiger partial charge in [0, 0.05) is 26.6 Å². The predicted molar refractivity (Wildman–Crippen MR) is 87.9 cm³/mol. The summed E-state index contributed by atoms with van der Waals surface area (Å²) < 4.78 is 0. The molecule has 0 aliphatic heterocycles. The minimum Gasteiger partial charge on any atom is -0.392 e. The third-order valence-corrected chi connectivity index (χ3v) is 3.28. The van der Waals surface area contributed by atoms with Crippen LogP contribution in [0.4, 0.5) is 11.9 Å². The van der Waals surface area contributed by atoms with E-state index >= 15 is 0 Å². The summed E-state index contributed by atoms with van der Waals surface area (Å²) in [7, 11) is 3.81. The minimum absolute atomic E-state index is 0.0231. The number of benzene rings is 1. The molecule has 2 rings (SSSR count). The number of hydrogen-bond donors (Lipinski definition) is 2. The van der Waals surface area contributed by atoms with Crippen molar-refractivity contribution in [1.82, 2.24) is 15.0 Å². The molecule has 0 amide bonds. The first-order chi connectivity index (χ1) is 10.5. The largest absolute Gasteiger partial charge is 0.392 e. The molecule has 0 saturated carbocycles. The van der Waals surface area contributed by atoms with Gasteiger partial charge in [0.15, 0.2) is 0 Å². The molecule has 0 saturated heterocycles. The smallest absolute Gasteiger partial charge is 0.229 e. The number of nitrogens with zero attached hydrogens (tertiary/aromatic N) is 4. The fourth-order valence-corrected chi connectivity index (χ4v) is 1.98. The third kappa shape index (κ3) is 3.92. The molecule has 1 aromatic heterocycles. The summed E-state index contributed by atoms with van der Waals surface area (Å²) in [6.07, 6.45) is 0. The first kappa shape index (κ1) is 16.2. The van der Waals surface area contributed by atoms with Gasteiger partial charge in [-0.25, -0.2) is 0 Å². The maximum Gasteiger partial charge on any atom is 0.229 e. The summed E-state index contributed by atoms with van der Waals surface area (Å²) in [5.41, 5.74) is 1.93. The fourth-order valence-electron chi connectivity index (χ4n) is 1.98. The Hall–Kier alpha value is -2.21. The topological polar surface area (TPSA) is 74.2 Å². The lowest BCUT2D eigenvalue weighted by molar-refractivity contribution is 0.280. The summed E-state index contributed by atoms with van der Waals surface area (Å²) in [4.78, 5) is 15.2. The molecule has 118 valence electrons. The second kappa shape index (κ2) is 7.17. The molecule has 6 nitrogen and oxygen atoms in total. The van der Waals surface area contributed by atoms with E-state index in [0.29, 0.717) is 18.4 Å². The predicted octanol–water partition coefficient (Wildman–Crippen LogP) is 2.17. The first-order valence-electron chi connectivity index (χ1n) is 7.36. The van der Waals surface area contributed by atoms with E-state index in [2.05, 4.69) is 34.1 Å². The van der Waals surface area contributed by atoms with Gasteiger partial charge < -0.3 is 15.3 Å². The zero-order valence-corrected chi connectivity index (χ0v) is 13.5. The highest BCUT2D eigenvalue weighted by atomic mass is 16.3. The maximum absolute atomic E-state index is 9.37. The van der Waals surface area contributed by atoms with E-state index in [1.807, 2.05) is 43.3 Å². The molecule has 1 aromatic carbocycles. The molecular formula is C16H23N5O. The second-order valence-electron chi connectivity index (χ2n) is 5.65. The van der Waals surface area contributed by atoms with Gasteiger partial charge in [-0.1, -0.05) is 38.1 Å². The van der Waals surface area contributed by atoms with Gasteiger partial charge in [0.2, 0.25) is 11.9 Å². The maximum atomic E-state index is 9.37. The Kier molecular flexibility index (Phi) is 5.27. The van der Waals surface area contributed by atoms with Gasteiger partial charge in [0.05, 0.1) is 6.61 Å². The molecule has 0 atom stereocenters. The van der Waals surface area contributed by atoms with Gasteiger partial charge in [-0.15, -0.1) is 0 Å². The fraction of sp³-hybridized carbons (Fsp3) is 0.438. The Morgan fingerprint density at radius 3 is 2.36 bits per heavy atom. The van der Waals surface area contributed by atoms with Crippen LogP contribution in [0.25, 0.3) is 0 Å². The number of nitrogens with one attached hydrogen (secondary N) is 1. The number of aliphatic hydroxyl groups excluding tert-OH is 1. The standard InChI is InChI=1S/C16H23N5O/c1-11(2)14-18-15(20-16(19-14)21(3)4)17-9-12-7-5-6-8-13(12)10-22/h5-8,11,22H,9-10H2,1-4H3,(H,17,18,19,20). The highest BCUT2D eigenvalue weighted by Crippen LogP contribution is 2.16. The minimum atomic E-state index is 0.0231. The molecule has 0 radical (unpaired) electrons. The molecule has 0 bridgehead atoms. The van der Waals surface area contributed by atoms with Crippen LogP contribution in [0.15, 0.2) is 24.3 Å². The summed E-state index contributed by atoms with van der Waals surface area (Å²) in [5.74, 6) is 2.18. The molecule has 1 heterocycles. The number of aromatic nitrogens is 3. The lowest BCUT2D eigenvalue weighted by Gasteiger charge is -2.15. The van der Waals surface area contributed by atoms with Gasteiger partial charge in [0.1, 0.15) is 5.82 Å². The van der Waals surface area contributed by atoms with Crippen molar-refractivity contribution in [3.63, 3.8) is 0 Å². The van der Waals surface area contributed by atoms with Crippen molar-refractivity contribution in [1.29, 1.82) is 0 Å². The molecule has 0 unspecified atom stereocenters. The molecule has 2 N–H and O–H groups in total. The SMILES string of the molecule is CC(C)c1nc(NCc2ccccc2CO)nc(N(C)C)n1. The Bertz CT molecular complexity index is 601. The quantitative estimate of drug-likeness (QED) is 0.852. The van der Waals surface area contributed by atoms with E-state index in [0.717, 1.165) is 17.0 Å². The monoisotopic (exact) mass is 301 g/mol. The molecule has 2 aromatic rings. The van der Waals surface area contributed by atoms with E-state index in [9.17, 15) is 5.11 Å². The van der Waals surface area contributed by atoms with Crippen LogP contribution in [0.3, 0.4) is 0 Å². The van der Waals surface area contributed by atoms with Crippen LogP contribution >= 0.6 is 0 Å². The van der Waals surface area contributed by atoms with E-state index in [-0.39, 0.29) is 12.5 Å². The van der Waals surface area contributed by atoms with Crippen LogP contribution in [0.2, 0.25) is 0 Å². The Labute approximate surface area is 131 Å². The normalized spacial score (nSPS) is 10.8. The first-order valence-corrected chi connectivity index (χ1v) is 7.36. The molecule has 6 heteroatoms. The van der Waals surface area contributed by atoms with Crippen LogP contribution in [0.1, 0.15) is 36.7 Å². The third-order valence-electron chi connectivity index (χ3n) is 3.28. The van der Waals surface area contributed by atoms with Crippen molar-refractivity contribution in [2.45, 2.75) is 32.9 Å². The van der Waals surface area contributed by atoms with Crippen molar-refractivity contribution >= 4 is 11.9 Å². The van der Waals surface area contributed by atoms with Gasteiger partial charge in [-0.2, -0.15) is 15.0 Å². The Morgan fingerprint density at radius 2 is 1.77 bits per heavy atom. The van der Waals surface area contributed by atoms with Crippen LogP contribution < -0.4 is 10.2 Å². The zero-order valence-electron chi connectivity index (χ0n) is 13.5. The van der Waals surface area contributed by atoms with Gasteiger partial charge in [-0.05, 0) is 11.1 Å². The van der Waals surface area contributed by atoms with E-state index < -0.39 is 0 Å². The number of hydrogen-bond acceptors (Lipinski definition) is 6. The van der Waals surface area contributed by atoms with Gasteiger partial charge >= 0.3 is 0 Å². The van der Waals surface area contributed by atoms with Crippen LogP contribution in [-0.2, 0) is 13.2 Å². The molecule has 22 heavy (non-hydrogen) atoms. The van der Waals surface area contributed by atoms with Crippen molar-refractivity contribution in [2.24, 2.45) is 0 Å². The van der Waals surface area contributed by atoms with Crippen molar-refractivity contribution in [3.8, 4) is 0 Å². The summed E-state index contributed by atoms with van der Waals surface area (Å²) >= 11 is 0. The average molecular weight is 301 g/mol. The summed E-state index contributed by atoms with van der Waals surface area (Å²) in [6, 6.07) is 7.76. The zero-order chi connectivity index (χ0) is 16.1. The second-order valence-corrected chi connectivity index (χ2v) is 5.65. The number of aliphatic hydroxyl groups is 1. The number of anilines is 2. The Balaban J connectivity index is 2.21. The van der Waals surface area contributed by atoms with E-state index in [1.54, 1.807) is 0 Å². The van der Waals surface area contributed by atoms with Crippen LogP contribution in [0, 0.1) is 0 Å². The van der Waals surface area contributed by atoms with Crippen molar-refractivity contribution in [3.05, 3.63) is 41.2 Å². The van der Waals surface area contributed by atoms with E-state index in [1.165, 1.54) is 0 Å². The molecule has 0 aliphatic carbocycles. The highest BCUT2D eigenvalue weighted by molar-refractivity contribution is 5.38. The van der Waals surface area contributed by atoms with Crippen molar-refractivity contribution < 1.29 is 5.11 Å². The van der Waals surface area contributed by atoms with Crippen LogP contribution in [0.5, 0.6) is 0 Å². The number of rotatable bonds is 6. The summed E-state index contributed by atoms with van der Waals surface area (Å²) in [6.45, 7) is 4.69. The lowest BCUT2D eigenvalue weighted by Crippen LogP contribution is -2.17. The van der Waals surface area contributed by atoms with Gasteiger partial charge in [-0.3, -0.25) is 0 Å². The molecule has 0 spiro atoms. The summed E-state index contributed by atoms with van der Waals surface area (Å²) in [5, 5.41) is 12.6. The van der Waals surface area contributed by atoms with Gasteiger partial charge in [0.25, 0.3) is 0 Å². The Morgan fingerprint density at radius 1 is 1.09 bits per heavy atom. The van der Waals surface area contributed by atoms with E-state index in [4.69, 9.17) is 0 Å². The van der Waals surface area contributed by atoms with Crippen molar-refractivity contribution in [2.75, 3.05) is 24.3 Å². The average Bonchev–Trinajstić information content (AvgIpc) is 2.52. The van der Waals surface area contributed by atoms with Crippen LogP contribution in [-0.4, -0.2) is 34.2 Å².